The van der Waals surface area contributed by atoms with E-state index in [-0.39, 0.29) is 29.7 Å². The third-order valence-corrected chi connectivity index (χ3v) is 7.05. The first-order chi connectivity index (χ1) is 12.8. The van der Waals surface area contributed by atoms with Crippen molar-refractivity contribution < 1.29 is 18.1 Å². The zero-order valence-corrected chi connectivity index (χ0v) is 16.2. The summed E-state index contributed by atoms with van der Waals surface area (Å²) in [6.07, 6.45) is 3.15. The summed E-state index contributed by atoms with van der Waals surface area (Å²) >= 11 is 0. The topological polar surface area (TPSA) is 104 Å². The Morgan fingerprint density at radius 2 is 1.59 bits per heavy atom. The summed E-state index contributed by atoms with van der Waals surface area (Å²) in [6, 6.07) is 3.91. The van der Waals surface area contributed by atoms with Gasteiger partial charge in [0.15, 0.2) is 0 Å². The number of hydrogen-bond acceptors (Lipinski definition) is 5. The van der Waals surface area contributed by atoms with Crippen LogP contribution >= 0.6 is 0 Å². The molecule has 0 spiro atoms. The van der Waals surface area contributed by atoms with Gasteiger partial charge in [0.2, 0.25) is 10.0 Å². The minimum Gasteiger partial charge on any atom is -0.325 e. The van der Waals surface area contributed by atoms with Crippen LogP contribution in [0, 0.1) is 17.0 Å². The van der Waals surface area contributed by atoms with Gasteiger partial charge >= 0.3 is 6.03 Å². The first-order valence-electron chi connectivity index (χ1n) is 9.10. The zero-order chi connectivity index (χ0) is 19.6. The van der Waals surface area contributed by atoms with Crippen LogP contribution in [0.4, 0.5) is 10.5 Å². The maximum Gasteiger partial charge on any atom is 0.320 e. The summed E-state index contributed by atoms with van der Waals surface area (Å²) in [5, 5.41) is 11.1. The third-order valence-electron chi connectivity index (χ3n) is 5.15. The van der Waals surface area contributed by atoms with Crippen LogP contribution in [0.3, 0.4) is 0 Å². The molecule has 0 N–H and O–H groups in total. The minimum absolute atomic E-state index is 0.0299. The Hall–Kier alpha value is -2.20. The number of amides is 2. The molecular weight excluding hydrogens is 372 g/mol. The fourth-order valence-corrected chi connectivity index (χ4v) is 4.94. The second kappa shape index (κ2) is 7.81. The van der Waals surface area contributed by atoms with Crippen LogP contribution in [-0.2, 0) is 10.0 Å². The van der Waals surface area contributed by atoms with E-state index in [2.05, 4.69) is 0 Å². The number of aryl methyl sites for hydroxylation is 1. The van der Waals surface area contributed by atoms with Crippen LogP contribution in [0.15, 0.2) is 23.1 Å². The average molecular weight is 396 g/mol. The number of nitro groups is 1. The lowest BCUT2D eigenvalue weighted by atomic mass is 10.1. The van der Waals surface area contributed by atoms with Crippen LogP contribution in [0.1, 0.15) is 24.8 Å². The Kier molecular flexibility index (Phi) is 5.66. The van der Waals surface area contributed by atoms with Crippen molar-refractivity contribution in [3.63, 3.8) is 0 Å². The molecule has 0 saturated carbocycles. The Bertz CT molecular complexity index is 828. The number of piperidine rings is 1. The number of benzene rings is 1. The molecule has 148 valence electrons. The van der Waals surface area contributed by atoms with Crippen LogP contribution < -0.4 is 0 Å². The highest BCUT2D eigenvalue weighted by molar-refractivity contribution is 7.89. The van der Waals surface area contributed by atoms with Crippen LogP contribution in [0.25, 0.3) is 0 Å². The molecule has 2 heterocycles. The molecule has 0 aromatic heterocycles. The number of nitrogens with zero attached hydrogens (tertiary/aromatic N) is 4. The van der Waals surface area contributed by atoms with Gasteiger partial charge in [-0.05, 0) is 32.3 Å². The van der Waals surface area contributed by atoms with Crippen LogP contribution in [0.2, 0.25) is 0 Å². The number of hydrogen-bond donors (Lipinski definition) is 0. The molecular formula is C17H24N4O5S. The van der Waals surface area contributed by atoms with Gasteiger partial charge in [-0.3, -0.25) is 10.1 Å². The van der Waals surface area contributed by atoms with E-state index in [1.807, 2.05) is 4.90 Å². The van der Waals surface area contributed by atoms with Gasteiger partial charge < -0.3 is 9.80 Å². The van der Waals surface area contributed by atoms with Crippen molar-refractivity contribution in [1.82, 2.24) is 14.1 Å². The molecule has 1 aromatic carbocycles. The summed E-state index contributed by atoms with van der Waals surface area (Å²) in [7, 11) is -3.83. The van der Waals surface area contributed by atoms with E-state index in [1.54, 1.807) is 11.8 Å². The fourth-order valence-electron chi connectivity index (χ4n) is 3.50. The van der Waals surface area contributed by atoms with Gasteiger partial charge in [-0.15, -0.1) is 0 Å². The molecule has 1 aromatic rings. The fraction of sp³-hybridized carbons (Fsp3) is 0.588. The Morgan fingerprint density at radius 3 is 2.19 bits per heavy atom. The van der Waals surface area contributed by atoms with Gasteiger partial charge in [0.25, 0.3) is 5.69 Å². The molecule has 10 heteroatoms. The highest BCUT2D eigenvalue weighted by Crippen LogP contribution is 2.25. The molecule has 9 nitrogen and oxygen atoms in total. The zero-order valence-electron chi connectivity index (χ0n) is 15.3. The number of rotatable bonds is 3. The lowest BCUT2D eigenvalue weighted by molar-refractivity contribution is -0.385. The van der Waals surface area contributed by atoms with Gasteiger partial charge in [0.1, 0.15) is 0 Å². The maximum absolute atomic E-state index is 12.8. The number of urea groups is 1. The third kappa shape index (κ3) is 4.06. The molecule has 2 saturated heterocycles. The maximum atomic E-state index is 12.8. The van der Waals surface area contributed by atoms with Crippen LogP contribution in [0.5, 0.6) is 0 Å². The van der Waals surface area contributed by atoms with Crippen molar-refractivity contribution in [2.45, 2.75) is 31.1 Å². The first kappa shape index (κ1) is 19.6. The van der Waals surface area contributed by atoms with Gasteiger partial charge in [-0.25, -0.2) is 13.2 Å². The lowest BCUT2D eigenvalue weighted by Crippen LogP contribution is -2.54. The summed E-state index contributed by atoms with van der Waals surface area (Å²) in [4.78, 5) is 26.5. The molecule has 0 atom stereocenters. The molecule has 0 unspecified atom stereocenters. The number of nitro benzene ring substituents is 1. The largest absolute Gasteiger partial charge is 0.325 e. The van der Waals surface area contributed by atoms with E-state index >= 15 is 0 Å². The van der Waals surface area contributed by atoms with E-state index in [0.29, 0.717) is 18.7 Å². The number of carbonyl (C=O) groups excluding carboxylic acids is 1. The molecule has 2 aliphatic heterocycles. The van der Waals surface area contributed by atoms with Gasteiger partial charge in [-0.1, -0.05) is 6.07 Å². The van der Waals surface area contributed by atoms with Crippen molar-refractivity contribution in [2.75, 3.05) is 39.3 Å². The molecule has 27 heavy (non-hydrogen) atoms. The number of piperazine rings is 1. The molecule has 2 amide bonds. The molecule has 0 aliphatic carbocycles. The average Bonchev–Trinajstić information content (AvgIpc) is 2.68. The molecule has 0 bridgehead atoms. The smallest absolute Gasteiger partial charge is 0.320 e. The summed E-state index contributed by atoms with van der Waals surface area (Å²) < 4.78 is 27.0. The van der Waals surface area contributed by atoms with E-state index < -0.39 is 14.9 Å². The van der Waals surface area contributed by atoms with Crippen LogP contribution in [-0.4, -0.2) is 72.7 Å². The highest BCUT2D eigenvalue weighted by Gasteiger charge is 2.32. The SMILES string of the molecule is Cc1ccc(S(=O)(=O)N2CCN(C(=O)N3CCCCC3)CC2)cc1[N+](=O)[O-]. The second-order valence-corrected chi connectivity index (χ2v) is 8.86. The van der Waals surface area contributed by atoms with E-state index in [9.17, 15) is 23.3 Å². The van der Waals surface area contributed by atoms with E-state index in [1.165, 1.54) is 16.4 Å². The Balaban J connectivity index is 1.69. The van der Waals surface area contributed by atoms with Crippen molar-refractivity contribution in [3.05, 3.63) is 33.9 Å². The molecule has 2 fully saturated rings. The number of carbonyl (C=O) groups is 1. The second-order valence-electron chi connectivity index (χ2n) is 6.93. The highest BCUT2D eigenvalue weighted by atomic mass is 32.2. The lowest BCUT2D eigenvalue weighted by Gasteiger charge is -2.38. The van der Waals surface area contributed by atoms with Gasteiger partial charge in [0.05, 0.1) is 9.82 Å². The predicted octanol–water partition coefficient (Wildman–Crippen LogP) is 1.82. The first-order valence-corrected chi connectivity index (χ1v) is 10.5. The number of likely N-dealkylation sites (tertiary alicyclic amines) is 1. The van der Waals surface area contributed by atoms with Crippen molar-refractivity contribution >= 4 is 21.7 Å². The van der Waals surface area contributed by atoms with Gasteiger partial charge in [0, 0.05) is 50.9 Å². The monoisotopic (exact) mass is 396 g/mol. The minimum atomic E-state index is -3.83. The van der Waals surface area contributed by atoms with E-state index in [0.717, 1.165) is 38.4 Å². The van der Waals surface area contributed by atoms with Crippen molar-refractivity contribution in [2.24, 2.45) is 0 Å². The van der Waals surface area contributed by atoms with Crippen molar-refractivity contribution in [1.29, 1.82) is 0 Å². The summed E-state index contributed by atoms with van der Waals surface area (Å²) in [5.74, 6) is 0. The molecule has 2 aliphatic rings. The predicted molar refractivity (Wildman–Crippen MR) is 99.0 cm³/mol. The standard InChI is InChI=1S/C17H24N4O5S/c1-14-5-6-15(13-16(14)21(23)24)27(25,26)20-11-9-19(10-12-20)17(22)18-7-3-2-4-8-18/h5-6,13H,2-4,7-12H2,1H3. The summed E-state index contributed by atoms with van der Waals surface area (Å²) in [5.41, 5.74) is 0.200. The van der Waals surface area contributed by atoms with E-state index in [4.69, 9.17) is 0 Å². The number of sulfonamides is 1. The Labute approximate surface area is 158 Å². The summed E-state index contributed by atoms with van der Waals surface area (Å²) in [6.45, 7) is 4.09. The normalized spacial score (nSPS) is 19.1. The van der Waals surface area contributed by atoms with Crippen molar-refractivity contribution in [3.8, 4) is 0 Å². The molecule has 0 radical (unpaired) electrons. The quantitative estimate of drug-likeness (QED) is 0.572. The Morgan fingerprint density at radius 1 is 1.00 bits per heavy atom. The molecule has 3 rings (SSSR count). The van der Waals surface area contributed by atoms with Gasteiger partial charge in [-0.2, -0.15) is 4.31 Å².